The van der Waals surface area contributed by atoms with E-state index in [-0.39, 0.29) is 24.2 Å². The van der Waals surface area contributed by atoms with Crippen LogP contribution in [0.2, 0.25) is 0 Å². The summed E-state index contributed by atoms with van der Waals surface area (Å²) in [6, 6.07) is 7.74. The normalized spacial score (nSPS) is 24.7. The molecule has 1 aromatic carbocycles. The molecule has 164 valence electrons. The lowest BCUT2D eigenvalue weighted by atomic mass is 9.95. The van der Waals surface area contributed by atoms with Crippen LogP contribution in [0.4, 0.5) is 0 Å². The second-order valence-corrected chi connectivity index (χ2v) is 11.5. The molecule has 2 N–H and O–H groups in total. The number of benzene rings is 1. The number of sulfone groups is 1. The molecule has 2 aliphatic rings. The van der Waals surface area contributed by atoms with E-state index in [9.17, 15) is 22.8 Å². The van der Waals surface area contributed by atoms with Crippen LogP contribution in [0, 0.1) is 5.92 Å². The van der Waals surface area contributed by atoms with Gasteiger partial charge in [-0.15, -0.1) is 0 Å². The minimum Gasteiger partial charge on any atom is -0.354 e. The number of nitrogens with one attached hydrogen (secondary N) is 2. The molecule has 0 radical (unpaired) electrons. The lowest BCUT2D eigenvalue weighted by molar-refractivity contribution is -0.150. The molecule has 0 spiro atoms. The molecule has 3 rings (SSSR count). The Kier molecular flexibility index (Phi) is 5.95. The third-order valence-electron chi connectivity index (χ3n) is 6.03. The van der Waals surface area contributed by atoms with E-state index in [1.54, 1.807) is 13.8 Å². The van der Waals surface area contributed by atoms with Crippen molar-refractivity contribution in [2.24, 2.45) is 5.92 Å². The molecule has 0 saturated carbocycles. The zero-order valence-electron chi connectivity index (χ0n) is 17.7. The Bertz CT molecular complexity index is 943. The van der Waals surface area contributed by atoms with Crippen molar-refractivity contribution in [2.75, 3.05) is 6.54 Å². The molecule has 1 aromatic rings. The molecule has 9 heteroatoms. The van der Waals surface area contributed by atoms with Gasteiger partial charge in [0.15, 0.2) is 9.84 Å². The van der Waals surface area contributed by atoms with Crippen molar-refractivity contribution in [3.8, 4) is 0 Å². The second-order valence-electron chi connectivity index (χ2n) is 8.77. The van der Waals surface area contributed by atoms with Gasteiger partial charge in [-0.05, 0) is 31.7 Å². The fourth-order valence-electron chi connectivity index (χ4n) is 4.11. The number of β-lactam (4-membered cyclic amide) rings is 1. The van der Waals surface area contributed by atoms with Gasteiger partial charge in [0, 0.05) is 6.54 Å². The van der Waals surface area contributed by atoms with Crippen molar-refractivity contribution < 1.29 is 22.8 Å². The predicted octanol–water partition coefficient (Wildman–Crippen LogP) is 0.620. The van der Waals surface area contributed by atoms with E-state index in [1.165, 1.54) is 13.8 Å². The minimum atomic E-state index is -3.67. The summed E-state index contributed by atoms with van der Waals surface area (Å²) in [7, 11) is -3.67. The quantitative estimate of drug-likeness (QED) is 0.610. The smallest absolute Gasteiger partial charge is 0.245 e. The summed E-state index contributed by atoms with van der Waals surface area (Å²) in [6.07, 6.45) is 0.562. The fourth-order valence-corrected chi connectivity index (χ4v) is 6.24. The number of hydrogen-bond acceptors (Lipinski definition) is 5. The van der Waals surface area contributed by atoms with E-state index in [0.717, 1.165) is 10.5 Å². The van der Waals surface area contributed by atoms with Gasteiger partial charge in [-0.2, -0.15) is 0 Å². The van der Waals surface area contributed by atoms with Crippen molar-refractivity contribution in [2.45, 2.75) is 62.7 Å². The standard InChI is InChI=1S/C21H29N3O5S/c1-13(2)17(19(26)22-11-10-14-8-6-5-7-9-14)23-20(27)18-21(3,4)30(28,29)16-12-15(25)24(16)18/h5-9,13,16-18H,10-12H2,1-4H3,(H,22,26)(H,23,27). The summed E-state index contributed by atoms with van der Waals surface area (Å²) in [4.78, 5) is 38.9. The van der Waals surface area contributed by atoms with Crippen LogP contribution in [0.5, 0.6) is 0 Å². The van der Waals surface area contributed by atoms with Crippen LogP contribution in [0.15, 0.2) is 30.3 Å². The predicted molar refractivity (Wildman–Crippen MR) is 112 cm³/mol. The minimum absolute atomic E-state index is 0.0941. The van der Waals surface area contributed by atoms with Crippen molar-refractivity contribution in [3.63, 3.8) is 0 Å². The van der Waals surface area contributed by atoms with Gasteiger partial charge in [-0.3, -0.25) is 14.4 Å². The van der Waals surface area contributed by atoms with Crippen molar-refractivity contribution in [1.29, 1.82) is 0 Å². The van der Waals surface area contributed by atoms with Crippen molar-refractivity contribution in [1.82, 2.24) is 15.5 Å². The lowest BCUT2D eigenvalue weighted by Gasteiger charge is -2.37. The molecule has 0 aliphatic carbocycles. The van der Waals surface area contributed by atoms with E-state index in [2.05, 4.69) is 10.6 Å². The lowest BCUT2D eigenvalue weighted by Crippen LogP contribution is -2.62. The van der Waals surface area contributed by atoms with Crippen LogP contribution in [0.1, 0.15) is 39.7 Å². The average molecular weight is 436 g/mol. The number of rotatable bonds is 7. The van der Waals surface area contributed by atoms with Crippen molar-refractivity contribution >= 4 is 27.6 Å². The SMILES string of the molecule is CC(C)C(NC(=O)C1N2C(=O)CC2S(=O)(=O)C1(C)C)C(=O)NCCc1ccccc1. The first-order valence-corrected chi connectivity index (χ1v) is 11.7. The molecule has 0 bridgehead atoms. The summed E-state index contributed by atoms with van der Waals surface area (Å²) in [6.45, 7) is 6.94. The van der Waals surface area contributed by atoms with Gasteiger partial charge in [-0.25, -0.2) is 8.42 Å². The molecule has 2 saturated heterocycles. The summed E-state index contributed by atoms with van der Waals surface area (Å²) in [5, 5.41) is 4.58. The Morgan fingerprint density at radius 2 is 1.83 bits per heavy atom. The maximum Gasteiger partial charge on any atom is 0.245 e. The highest BCUT2D eigenvalue weighted by molar-refractivity contribution is 7.93. The van der Waals surface area contributed by atoms with Crippen molar-refractivity contribution in [3.05, 3.63) is 35.9 Å². The van der Waals surface area contributed by atoms with Crippen LogP contribution < -0.4 is 10.6 Å². The average Bonchev–Trinajstić information content (AvgIpc) is 2.80. The summed E-state index contributed by atoms with van der Waals surface area (Å²) >= 11 is 0. The molecule has 8 nitrogen and oxygen atoms in total. The van der Waals surface area contributed by atoms with Gasteiger partial charge in [-0.1, -0.05) is 44.2 Å². The van der Waals surface area contributed by atoms with Gasteiger partial charge < -0.3 is 15.5 Å². The van der Waals surface area contributed by atoms with E-state index in [4.69, 9.17) is 0 Å². The first kappa shape index (κ1) is 22.3. The second kappa shape index (κ2) is 8.02. The maximum atomic E-state index is 13.0. The number of nitrogens with zero attached hydrogens (tertiary/aromatic N) is 1. The third kappa shape index (κ3) is 3.71. The van der Waals surface area contributed by atoms with Gasteiger partial charge in [0.05, 0.1) is 11.2 Å². The molecule has 3 amide bonds. The summed E-state index contributed by atoms with van der Waals surface area (Å²) in [5.41, 5.74) is 1.09. The van der Waals surface area contributed by atoms with Gasteiger partial charge in [0.2, 0.25) is 17.7 Å². The van der Waals surface area contributed by atoms with E-state index in [1.807, 2.05) is 30.3 Å². The summed E-state index contributed by atoms with van der Waals surface area (Å²) in [5.74, 6) is -1.52. The van der Waals surface area contributed by atoms with Crippen LogP contribution in [0.3, 0.4) is 0 Å². The van der Waals surface area contributed by atoms with E-state index < -0.39 is 37.9 Å². The number of fused-ring (bicyclic) bond motifs is 1. The zero-order chi connectivity index (χ0) is 22.3. The van der Waals surface area contributed by atoms with E-state index >= 15 is 0 Å². The molecular formula is C21H29N3O5S. The monoisotopic (exact) mass is 435 g/mol. The number of carbonyl (C=O) groups excluding carboxylic acids is 3. The number of hydrogen-bond donors (Lipinski definition) is 2. The topological polar surface area (TPSA) is 113 Å². The van der Waals surface area contributed by atoms with Crippen LogP contribution in [0.25, 0.3) is 0 Å². The highest BCUT2D eigenvalue weighted by Gasteiger charge is 2.67. The summed E-state index contributed by atoms with van der Waals surface area (Å²) < 4.78 is 24.0. The zero-order valence-corrected chi connectivity index (χ0v) is 18.5. The highest BCUT2D eigenvalue weighted by atomic mass is 32.2. The Labute approximate surface area is 177 Å². The number of carbonyl (C=O) groups is 3. The molecule has 0 aromatic heterocycles. The van der Waals surface area contributed by atoms with Crippen LogP contribution in [-0.2, 0) is 30.6 Å². The number of amides is 3. The molecule has 2 aliphatic heterocycles. The fraction of sp³-hybridized carbons (Fsp3) is 0.571. The Morgan fingerprint density at radius 1 is 1.20 bits per heavy atom. The third-order valence-corrected chi connectivity index (χ3v) is 8.83. The Hall–Kier alpha value is -2.42. The highest BCUT2D eigenvalue weighted by Crippen LogP contribution is 2.45. The first-order valence-electron chi connectivity index (χ1n) is 10.1. The molecule has 2 heterocycles. The molecular weight excluding hydrogens is 406 g/mol. The van der Waals surface area contributed by atoms with Gasteiger partial charge in [0.1, 0.15) is 17.5 Å². The van der Waals surface area contributed by atoms with Gasteiger partial charge >= 0.3 is 0 Å². The molecule has 3 atom stereocenters. The van der Waals surface area contributed by atoms with Gasteiger partial charge in [0.25, 0.3) is 0 Å². The Morgan fingerprint density at radius 3 is 2.40 bits per heavy atom. The first-order chi connectivity index (χ1) is 14.0. The molecule has 2 fully saturated rings. The van der Waals surface area contributed by atoms with Crippen LogP contribution in [-0.4, -0.2) is 59.8 Å². The largest absolute Gasteiger partial charge is 0.354 e. The van der Waals surface area contributed by atoms with Crippen LogP contribution >= 0.6 is 0 Å². The molecule has 3 unspecified atom stereocenters. The Balaban J connectivity index is 1.68. The van der Waals surface area contributed by atoms with E-state index in [0.29, 0.717) is 13.0 Å². The maximum absolute atomic E-state index is 13.0. The molecule has 30 heavy (non-hydrogen) atoms.